The van der Waals surface area contributed by atoms with Crippen LogP contribution in [0.2, 0.25) is 5.02 Å². The van der Waals surface area contributed by atoms with E-state index >= 15 is 0 Å². The molecule has 0 spiro atoms. The molecule has 3 atom stereocenters. The van der Waals surface area contributed by atoms with Crippen molar-refractivity contribution in [2.24, 2.45) is 0 Å². The molecule has 4 rings (SSSR count). The molecule has 1 heterocycles. The number of halogens is 1. The molecule has 1 saturated carbocycles. The van der Waals surface area contributed by atoms with Crippen LogP contribution in [0.15, 0.2) is 42.5 Å². The van der Waals surface area contributed by atoms with E-state index in [0.29, 0.717) is 11.8 Å². The minimum absolute atomic E-state index is 0.0325. The summed E-state index contributed by atoms with van der Waals surface area (Å²) in [6.45, 7) is 1.08. The molecule has 1 aliphatic carbocycles. The van der Waals surface area contributed by atoms with Crippen LogP contribution in [0.25, 0.3) is 0 Å². The van der Waals surface area contributed by atoms with Gasteiger partial charge in [-0.15, -0.1) is 0 Å². The van der Waals surface area contributed by atoms with Crippen LogP contribution in [0.4, 0.5) is 0 Å². The van der Waals surface area contributed by atoms with Crippen LogP contribution in [0.1, 0.15) is 24.8 Å². The van der Waals surface area contributed by atoms with Gasteiger partial charge in [0, 0.05) is 11.1 Å². The van der Waals surface area contributed by atoms with E-state index in [-0.39, 0.29) is 12.1 Å². The van der Waals surface area contributed by atoms with Gasteiger partial charge in [0.2, 0.25) is 6.79 Å². The average Bonchev–Trinajstić information content (AvgIpc) is 3.14. The van der Waals surface area contributed by atoms with Gasteiger partial charge in [-0.05, 0) is 74.2 Å². The molecule has 144 valence electrons. The fourth-order valence-electron chi connectivity index (χ4n) is 3.68. The van der Waals surface area contributed by atoms with Gasteiger partial charge in [-0.1, -0.05) is 17.7 Å². The number of hydrogen-bond acceptors (Lipinski definition) is 5. The van der Waals surface area contributed by atoms with Gasteiger partial charge in [0.05, 0.1) is 0 Å². The van der Waals surface area contributed by atoms with Crippen LogP contribution in [-0.4, -0.2) is 36.7 Å². The summed E-state index contributed by atoms with van der Waals surface area (Å²) < 4.78 is 16.8. The van der Waals surface area contributed by atoms with E-state index in [2.05, 4.69) is 11.4 Å². The first-order valence-electron chi connectivity index (χ1n) is 9.41. The van der Waals surface area contributed by atoms with Gasteiger partial charge in [0.1, 0.15) is 18.0 Å². The molecule has 5 nitrogen and oxygen atoms in total. The molecular formula is C21H24ClNO4. The maximum absolute atomic E-state index is 10.7. The molecule has 2 aromatic rings. The lowest BCUT2D eigenvalue weighted by atomic mass is 9.89. The Bertz CT molecular complexity index is 767. The van der Waals surface area contributed by atoms with Gasteiger partial charge in [-0.3, -0.25) is 0 Å². The molecule has 6 heteroatoms. The van der Waals surface area contributed by atoms with E-state index in [9.17, 15) is 5.11 Å². The third-order valence-electron chi connectivity index (χ3n) is 5.16. The minimum atomic E-state index is -0.536. The predicted octanol–water partition coefficient (Wildman–Crippen LogP) is 3.56. The van der Waals surface area contributed by atoms with Gasteiger partial charge < -0.3 is 24.6 Å². The van der Waals surface area contributed by atoms with Crippen LogP contribution in [0.3, 0.4) is 0 Å². The van der Waals surface area contributed by atoms with Crippen molar-refractivity contribution in [3.63, 3.8) is 0 Å². The second-order valence-electron chi connectivity index (χ2n) is 7.03. The SMILES string of the molecule is O[C@@H]1[C@@H](NCCc2ccc3c(c2)OCO3)CCC[C@H]1Oc1ccc(Cl)cc1. The van der Waals surface area contributed by atoms with E-state index in [0.717, 1.165) is 49.5 Å². The second kappa shape index (κ2) is 8.38. The third-order valence-corrected chi connectivity index (χ3v) is 5.41. The van der Waals surface area contributed by atoms with Crippen LogP contribution in [0, 0.1) is 0 Å². The summed E-state index contributed by atoms with van der Waals surface area (Å²) in [5.74, 6) is 2.35. The number of aliphatic hydroxyl groups excluding tert-OH is 1. The lowest BCUT2D eigenvalue weighted by molar-refractivity contribution is -0.0151. The van der Waals surface area contributed by atoms with Crippen LogP contribution in [0.5, 0.6) is 17.2 Å². The van der Waals surface area contributed by atoms with Crippen molar-refractivity contribution in [1.82, 2.24) is 5.32 Å². The summed E-state index contributed by atoms with van der Waals surface area (Å²) in [6, 6.07) is 13.3. The number of fused-ring (bicyclic) bond motifs is 1. The normalized spacial score (nSPS) is 24.0. The molecule has 1 fully saturated rings. The highest BCUT2D eigenvalue weighted by Gasteiger charge is 2.33. The molecule has 1 aliphatic heterocycles. The molecule has 2 aliphatic rings. The Hall–Kier alpha value is -1.95. The van der Waals surface area contributed by atoms with E-state index in [1.807, 2.05) is 24.3 Å². The van der Waals surface area contributed by atoms with Crippen molar-refractivity contribution in [3.05, 3.63) is 53.1 Å². The molecule has 0 amide bonds. The lowest BCUT2D eigenvalue weighted by Gasteiger charge is -2.35. The summed E-state index contributed by atoms with van der Waals surface area (Å²) in [4.78, 5) is 0. The average molecular weight is 390 g/mol. The quantitative estimate of drug-likeness (QED) is 0.791. The number of hydrogen-bond donors (Lipinski definition) is 2. The van der Waals surface area contributed by atoms with Crippen molar-refractivity contribution in [2.45, 2.75) is 43.9 Å². The van der Waals surface area contributed by atoms with Gasteiger partial charge in [-0.2, -0.15) is 0 Å². The molecule has 0 unspecified atom stereocenters. The summed E-state index contributed by atoms with van der Waals surface area (Å²) in [6.07, 6.45) is 2.95. The Kier molecular flexibility index (Phi) is 5.72. The zero-order valence-corrected chi connectivity index (χ0v) is 15.8. The number of aliphatic hydroxyl groups is 1. The summed E-state index contributed by atoms with van der Waals surface area (Å²) in [7, 11) is 0. The van der Waals surface area contributed by atoms with Gasteiger partial charge in [0.15, 0.2) is 11.5 Å². The van der Waals surface area contributed by atoms with Gasteiger partial charge in [-0.25, -0.2) is 0 Å². The zero-order chi connectivity index (χ0) is 18.6. The summed E-state index contributed by atoms with van der Waals surface area (Å²) in [5, 5.41) is 14.9. The Morgan fingerprint density at radius 2 is 1.89 bits per heavy atom. The lowest BCUT2D eigenvalue weighted by Crippen LogP contribution is -2.51. The zero-order valence-electron chi connectivity index (χ0n) is 15.1. The molecule has 0 radical (unpaired) electrons. The monoisotopic (exact) mass is 389 g/mol. The first-order valence-corrected chi connectivity index (χ1v) is 9.79. The fourth-order valence-corrected chi connectivity index (χ4v) is 3.80. The molecule has 0 aromatic heterocycles. The smallest absolute Gasteiger partial charge is 0.231 e. The van der Waals surface area contributed by atoms with Crippen LogP contribution in [-0.2, 0) is 6.42 Å². The summed E-state index contributed by atoms with van der Waals surface area (Å²) >= 11 is 5.92. The van der Waals surface area contributed by atoms with Crippen LogP contribution < -0.4 is 19.5 Å². The Morgan fingerprint density at radius 3 is 2.74 bits per heavy atom. The van der Waals surface area contributed by atoms with Crippen molar-refractivity contribution >= 4 is 11.6 Å². The highest BCUT2D eigenvalue weighted by molar-refractivity contribution is 6.30. The van der Waals surface area contributed by atoms with Gasteiger partial charge in [0.25, 0.3) is 0 Å². The minimum Gasteiger partial charge on any atom is -0.488 e. The summed E-state index contributed by atoms with van der Waals surface area (Å²) in [5.41, 5.74) is 1.19. The van der Waals surface area contributed by atoms with Crippen molar-refractivity contribution in [1.29, 1.82) is 0 Å². The molecule has 27 heavy (non-hydrogen) atoms. The highest BCUT2D eigenvalue weighted by atomic mass is 35.5. The number of benzene rings is 2. The van der Waals surface area contributed by atoms with Crippen molar-refractivity contribution < 1.29 is 19.3 Å². The van der Waals surface area contributed by atoms with Crippen molar-refractivity contribution in [3.8, 4) is 17.2 Å². The highest BCUT2D eigenvalue weighted by Crippen LogP contribution is 2.32. The number of ether oxygens (including phenoxy) is 3. The van der Waals surface area contributed by atoms with Crippen molar-refractivity contribution in [2.75, 3.05) is 13.3 Å². The largest absolute Gasteiger partial charge is 0.488 e. The molecular weight excluding hydrogens is 366 g/mol. The number of nitrogens with one attached hydrogen (secondary N) is 1. The van der Waals surface area contributed by atoms with Crippen LogP contribution >= 0.6 is 11.6 Å². The third kappa shape index (κ3) is 4.49. The first kappa shape index (κ1) is 18.4. The molecule has 0 saturated heterocycles. The topological polar surface area (TPSA) is 60.0 Å². The van der Waals surface area contributed by atoms with E-state index in [4.69, 9.17) is 25.8 Å². The predicted molar refractivity (Wildman–Crippen MR) is 104 cm³/mol. The molecule has 2 N–H and O–H groups in total. The molecule has 0 bridgehead atoms. The second-order valence-corrected chi connectivity index (χ2v) is 7.47. The van der Waals surface area contributed by atoms with E-state index < -0.39 is 6.10 Å². The number of rotatable bonds is 6. The maximum atomic E-state index is 10.7. The Morgan fingerprint density at radius 1 is 1.07 bits per heavy atom. The molecule has 2 aromatic carbocycles. The maximum Gasteiger partial charge on any atom is 0.231 e. The Labute approximate surface area is 164 Å². The fraction of sp³-hybridized carbons (Fsp3) is 0.429. The van der Waals surface area contributed by atoms with E-state index in [1.165, 1.54) is 5.56 Å². The first-order chi connectivity index (χ1) is 13.2. The van der Waals surface area contributed by atoms with E-state index in [1.54, 1.807) is 12.1 Å². The van der Waals surface area contributed by atoms with Gasteiger partial charge >= 0.3 is 0 Å². The standard InChI is InChI=1S/C21H24ClNO4/c22-15-5-7-16(8-6-15)27-19-3-1-2-17(21(19)24)23-11-10-14-4-9-18-20(12-14)26-13-25-18/h4-9,12,17,19,21,23-24H,1-3,10-11,13H2/t17-,19+,21+/m0/s1. The Balaban J connectivity index is 1.29.